The number of rotatable bonds is 8. The Morgan fingerprint density at radius 1 is 1.09 bits per heavy atom. The zero-order chi connectivity index (χ0) is 25.6. The average molecular weight is 561 g/mol. The molecule has 0 spiro atoms. The van der Waals surface area contributed by atoms with Crippen LogP contribution in [0, 0.1) is 0 Å². The van der Waals surface area contributed by atoms with Gasteiger partial charge in [-0.2, -0.15) is 0 Å². The Morgan fingerprint density at radius 3 is 2.35 bits per heavy atom. The van der Waals surface area contributed by atoms with Gasteiger partial charge in [0.05, 0.1) is 5.39 Å². The first-order valence-electron chi connectivity index (χ1n) is 10.4. The molecule has 0 aliphatic carbocycles. The van der Waals surface area contributed by atoms with Gasteiger partial charge in [-0.25, -0.2) is 9.59 Å². The van der Waals surface area contributed by atoms with Gasteiger partial charge in [0.25, 0.3) is 0 Å². The molecule has 0 radical (unpaired) electrons. The maximum absolute atomic E-state index is 12.6. The molecule has 10 nitrogen and oxygen atoms in total. The van der Waals surface area contributed by atoms with E-state index in [1.807, 2.05) is 0 Å². The normalized spacial score (nSPS) is 13.0. The summed E-state index contributed by atoms with van der Waals surface area (Å²) in [5, 5.41) is 8.76. The van der Waals surface area contributed by atoms with Crippen molar-refractivity contribution in [3.8, 4) is 5.95 Å². The minimum Gasteiger partial charge on any atom is -0.463 e. The van der Waals surface area contributed by atoms with Crippen LogP contribution in [0.1, 0.15) is 34.6 Å². The molecule has 12 heteroatoms. The summed E-state index contributed by atoms with van der Waals surface area (Å²) in [6, 6.07) is 2.66. The Balaban J connectivity index is 2.04. The molecule has 3 amide bonds. The molecule has 0 aliphatic rings. The SMILES string of the molecule is CC(NC(=O)[C@@H](C)NC(=O)OC(C)(C)C)C(=O)Nc1ccc2c(Cl)c(OCCBr)oc(=O)c2c1. The molecule has 34 heavy (non-hydrogen) atoms. The molecule has 2 atom stereocenters. The lowest BCUT2D eigenvalue weighted by molar-refractivity contribution is -0.127. The van der Waals surface area contributed by atoms with Crippen molar-refractivity contribution in [2.24, 2.45) is 0 Å². The number of alkyl carbamates (subject to hydrolysis) is 1. The van der Waals surface area contributed by atoms with Gasteiger partial charge >= 0.3 is 17.7 Å². The molecule has 0 bridgehead atoms. The van der Waals surface area contributed by atoms with Gasteiger partial charge in [0.2, 0.25) is 11.8 Å². The third-order valence-corrected chi connectivity index (χ3v) is 4.98. The number of anilines is 1. The standard InChI is InChI=1S/C22H27BrClN3O7/c1-11(25-17(28)12(2)26-21(31)34-22(3,4)5)18(29)27-13-6-7-14-15(10-13)19(30)33-20(16(14)24)32-9-8-23/h6-7,10-12H,8-9H2,1-5H3,(H,25,28)(H,26,31)(H,27,29)/t11?,12-/m1/s1. The predicted octanol–water partition coefficient (Wildman–Crippen LogP) is 3.58. The number of nitrogens with one attached hydrogen (secondary N) is 3. The first-order chi connectivity index (χ1) is 15.8. The van der Waals surface area contributed by atoms with Crippen molar-refractivity contribution in [2.45, 2.75) is 52.3 Å². The van der Waals surface area contributed by atoms with Crippen LogP contribution in [0.2, 0.25) is 5.02 Å². The van der Waals surface area contributed by atoms with Gasteiger partial charge < -0.3 is 29.8 Å². The number of carbonyl (C=O) groups excluding carboxylic acids is 3. The van der Waals surface area contributed by atoms with Crippen molar-refractivity contribution < 1.29 is 28.3 Å². The number of alkyl halides is 1. The molecule has 3 N–H and O–H groups in total. The maximum atomic E-state index is 12.6. The molecular formula is C22H27BrClN3O7. The largest absolute Gasteiger partial charge is 0.463 e. The summed E-state index contributed by atoms with van der Waals surface area (Å²) in [5.41, 5.74) is -1.09. The minimum atomic E-state index is -0.939. The van der Waals surface area contributed by atoms with E-state index in [0.717, 1.165) is 0 Å². The number of benzene rings is 1. The Kier molecular flexibility index (Phi) is 9.34. The Hall–Kier alpha value is -2.79. The lowest BCUT2D eigenvalue weighted by Gasteiger charge is -2.22. The third-order valence-electron chi connectivity index (χ3n) is 4.30. The second-order valence-electron chi connectivity index (χ2n) is 8.38. The van der Waals surface area contributed by atoms with E-state index in [0.29, 0.717) is 16.4 Å². The highest BCUT2D eigenvalue weighted by atomic mass is 79.9. The summed E-state index contributed by atoms with van der Waals surface area (Å²) >= 11 is 9.48. The lowest BCUT2D eigenvalue weighted by Crippen LogP contribution is -2.51. The molecular weight excluding hydrogens is 534 g/mol. The van der Waals surface area contributed by atoms with E-state index in [1.54, 1.807) is 32.9 Å². The summed E-state index contributed by atoms with van der Waals surface area (Å²) in [5.74, 6) is -1.19. The van der Waals surface area contributed by atoms with Gasteiger partial charge in [-0.1, -0.05) is 33.6 Å². The number of amides is 3. The summed E-state index contributed by atoms with van der Waals surface area (Å²) in [4.78, 5) is 49.1. The third kappa shape index (κ3) is 7.63. The zero-order valence-corrected chi connectivity index (χ0v) is 21.8. The minimum absolute atomic E-state index is 0.0825. The molecule has 2 aromatic rings. The molecule has 1 aromatic carbocycles. The van der Waals surface area contributed by atoms with Crippen LogP contribution in [-0.4, -0.2) is 47.5 Å². The van der Waals surface area contributed by atoms with E-state index in [1.165, 1.54) is 19.9 Å². The Bertz CT molecular complexity index is 1130. The van der Waals surface area contributed by atoms with Crippen molar-refractivity contribution in [1.82, 2.24) is 10.6 Å². The quantitative estimate of drug-likeness (QED) is 0.420. The second-order valence-corrected chi connectivity index (χ2v) is 9.55. The topological polar surface area (TPSA) is 136 Å². The summed E-state index contributed by atoms with van der Waals surface area (Å²) in [6.45, 7) is 8.31. The van der Waals surface area contributed by atoms with Crippen LogP contribution in [-0.2, 0) is 14.3 Å². The number of carbonyl (C=O) groups is 3. The van der Waals surface area contributed by atoms with Crippen molar-refractivity contribution >= 4 is 61.9 Å². The summed E-state index contributed by atoms with van der Waals surface area (Å²) in [6.07, 6.45) is -0.748. The van der Waals surface area contributed by atoms with Crippen molar-refractivity contribution in [1.29, 1.82) is 0 Å². The van der Waals surface area contributed by atoms with E-state index >= 15 is 0 Å². The van der Waals surface area contributed by atoms with Gasteiger partial charge in [0.1, 0.15) is 29.3 Å². The number of hydrogen-bond acceptors (Lipinski definition) is 7. The molecule has 2 rings (SSSR count). The predicted molar refractivity (Wildman–Crippen MR) is 132 cm³/mol. The van der Waals surface area contributed by atoms with Gasteiger partial charge in [0.15, 0.2) is 0 Å². The molecule has 0 aliphatic heterocycles. The highest BCUT2D eigenvalue weighted by Crippen LogP contribution is 2.32. The average Bonchev–Trinajstić information content (AvgIpc) is 2.73. The van der Waals surface area contributed by atoms with E-state index in [4.69, 9.17) is 25.5 Å². The highest BCUT2D eigenvalue weighted by molar-refractivity contribution is 9.09. The van der Waals surface area contributed by atoms with Crippen LogP contribution in [0.15, 0.2) is 27.4 Å². The molecule has 0 saturated carbocycles. The molecule has 1 unspecified atom stereocenters. The van der Waals surface area contributed by atoms with Crippen LogP contribution in [0.3, 0.4) is 0 Å². The Morgan fingerprint density at radius 2 is 1.74 bits per heavy atom. The number of ether oxygens (including phenoxy) is 2. The van der Waals surface area contributed by atoms with E-state index < -0.39 is 41.2 Å². The van der Waals surface area contributed by atoms with E-state index in [-0.39, 0.29) is 23.0 Å². The van der Waals surface area contributed by atoms with Crippen molar-refractivity contribution in [3.63, 3.8) is 0 Å². The zero-order valence-electron chi connectivity index (χ0n) is 19.4. The number of hydrogen-bond donors (Lipinski definition) is 3. The van der Waals surface area contributed by atoms with Crippen LogP contribution in [0.4, 0.5) is 10.5 Å². The van der Waals surface area contributed by atoms with E-state index in [9.17, 15) is 19.2 Å². The molecule has 186 valence electrons. The first kappa shape index (κ1) is 27.5. The number of halogens is 2. The highest BCUT2D eigenvalue weighted by Gasteiger charge is 2.24. The second kappa shape index (κ2) is 11.6. The lowest BCUT2D eigenvalue weighted by atomic mass is 10.1. The summed E-state index contributed by atoms with van der Waals surface area (Å²) < 4.78 is 15.6. The van der Waals surface area contributed by atoms with Crippen LogP contribution in [0.25, 0.3) is 10.8 Å². The maximum Gasteiger partial charge on any atom is 0.408 e. The van der Waals surface area contributed by atoms with Crippen molar-refractivity contribution in [2.75, 3.05) is 17.3 Å². The van der Waals surface area contributed by atoms with Gasteiger partial charge in [0, 0.05) is 16.4 Å². The fourth-order valence-corrected chi connectivity index (χ4v) is 3.12. The Labute approximate surface area is 209 Å². The summed E-state index contributed by atoms with van der Waals surface area (Å²) in [7, 11) is 0. The molecule has 1 heterocycles. The van der Waals surface area contributed by atoms with Crippen LogP contribution >= 0.6 is 27.5 Å². The molecule has 0 saturated heterocycles. The van der Waals surface area contributed by atoms with Crippen LogP contribution in [0.5, 0.6) is 5.95 Å². The van der Waals surface area contributed by atoms with Crippen LogP contribution < -0.4 is 26.3 Å². The smallest absolute Gasteiger partial charge is 0.408 e. The first-order valence-corrected chi connectivity index (χ1v) is 11.9. The molecule has 0 fully saturated rings. The van der Waals surface area contributed by atoms with Gasteiger partial charge in [-0.05, 0) is 46.8 Å². The monoisotopic (exact) mass is 559 g/mol. The fraction of sp³-hybridized carbons (Fsp3) is 0.455. The molecule has 1 aromatic heterocycles. The fourth-order valence-electron chi connectivity index (χ4n) is 2.70. The van der Waals surface area contributed by atoms with E-state index in [2.05, 4.69) is 31.9 Å². The van der Waals surface area contributed by atoms with Gasteiger partial charge in [-0.3, -0.25) is 9.59 Å². The number of fused-ring (bicyclic) bond motifs is 1. The van der Waals surface area contributed by atoms with Crippen molar-refractivity contribution in [3.05, 3.63) is 33.6 Å². The van der Waals surface area contributed by atoms with Gasteiger partial charge in [-0.15, -0.1) is 0 Å².